The number of carbonyl (C=O) groups excluding carboxylic acids is 1. The Balaban J connectivity index is 0.00000289. The van der Waals surface area contributed by atoms with E-state index in [1.807, 2.05) is 13.0 Å². The largest absolute Gasteiger partial charge is 0.354 e. The lowest BCUT2D eigenvalue weighted by molar-refractivity contribution is -0.122. The Bertz CT molecular complexity index is 352. The molecule has 18 heavy (non-hydrogen) atoms. The summed E-state index contributed by atoms with van der Waals surface area (Å²) in [5, 5.41) is 5.00. The van der Waals surface area contributed by atoms with E-state index in [0.29, 0.717) is 6.54 Å². The van der Waals surface area contributed by atoms with Gasteiger partial charge in [-0.2, -0.15) is 0 Å². The molecule has 1 unspecified atom stereocenters. The van der Waals surface area contributed by atoms with Crippen LogP contribution in [0.3, 0.4) is 0 Å². The van der Waals surface area contributed by atoms with E-state index in [1.165, 1.54) is 4.88 Å². The van der Waals surface area contributed by atoms with Crippen LogP contribution in [0.15, 0.2) is 17.5 Å². The first-order valence-electron chi connectivity index (χ1n) is 6.04. The molecule has 0 spiro atoms. The van der Waals surface area contributed by atoms with Crippen molar-refractivity contribution >= 4 is 29.7 Å². The molecule has 1 aromatic rings. The Hall–Kier alpha value is -0.580. The molecule has 0 aliphatic rings. The molecule has 5 heteroatoms. The van der Waals surface area contributed by atoms with Gasteiger partial charge in [-0.05, 0) is 17.9 Å². The van der Waals surface area contributed by atoms with Gasteiger partial charge in [0.05, 0.1) is 6.04 Å². The lowest BCUT2D eigenvalue weighted by Crippen LogP contribution is -2.44. The van der Waals surface area contributed by atoms with Crippen LogP contribution < -0.4 is 11.1 Å². The van der Waals surface area contributed by atoms with Crippen molar-refractivity contribution in [2.75, 3.05) is 6.54 Å². The molecule has 1 amide bonds. The topological polar surface area (TPSA) is 55.1 Å². The minimum atomic E-state index is -0.376. The molecule has 1 atom stereocenters. The SMILES string of the molecule is CCCC(N)C(=O)NCC(C)(C)c1cccs1.Cl. The van der Waals surface area contributed by atoms with Gasteiger partial charge in [-0.15, -0.1) is 23.7 Å². The molecule has 0 aromatic carbocycles. The highest BCUT2D eigenvalue weighted by atomic mass is 35.5. The van der Waals surface area contributed by atoms with E-state index in [0.717, 1.165) is 12.8 Å². The fourth-order valence-electron chi connectivity index (χ4n) is 1.63. The second kappa shape index (κ2) is 7.77. The smallest absolute Gasteiger partial charge is 0.236 e. The number of nitrogens with two attached hydrogens (primary N) is 1. The Morgan fingerprint density at radius 1 is 1.56 bits per heavy atom. The van der Waals surface area contributed by atoms with E-state index in [2.05, 4.69) is 30.6 Å². The average Bonchev–Trinajstić information content (AvgIpc) is 2.80. The first-order valence-corrected chi connectivity index (χ1v) is 6.92. The molecule has 0 fully saturated rings. The molecule has 1 heterocycles. The maximum atomic E-state index is 11.7. The summed E-state index contributed by atoms with van der Waals surface area (Å²) in [5.41, 5.74) is 5.73. The standard InChI is InChI=1S/C13H22N2OS.ClH/c1-4-6-10(14)12(16)15-9-13(2,3)11-7-5-8-17-11;/h5,7-8,10H,4,6,9,14H2,1-3H3,(H,15,16);1H. The van der Waals surface area contributed by atoms with Crippen molar-refractivity contribution in [3.8, 4) is 0 Å². The van der Waals surface area contributed by atoms with Crippen LogP contribution in [0.1, 0.15) is 38.5 Å². The second-order valence-corrected chi connectivity index (χ2v) is 5.92. The highest BCUT2D eigenvalue weighted by Gasteiger charge is 2.23. The fraction of sp³-hybridized carbons (Fsp3) is 0.615. The zero-order valence-electron chi connectivity index (χ0n) is 11.2. The monoisotopic (exact) mass is 290 g/mol. The highest BCUT2D eigenvalue weighted by Crippen LogP contribution is 2.26. The zero-order chi connectivity index (χ0) is 12.9. The van der Waals surface area contributed by atoms with Crippen LogP contribution in [0.2, 0.25) is 0 Å². The average molecular weight is 291 g/mol. The van der Waals surface area contributed by atoms with E-state index >= 15 is 0 Å². The maximum absolute atomic E-state index is 11.7. The van der Waals surface area contributed by atoms with Crippen LogP contribution in [0.5, 0.6) is 0 Å². The van der Waals surface area contributed by atoms with Crippen molar-refractivity contribution in [2.24, 2.45) is 5.73 Å². The summed E-state index contributed by atoms with van der Waals surface area (Å²) in [4.78, 5) is 13.0. The predicted molar refractivity (Wildman–Crippen MR) is 80.5 cm³/mol. The third-order valence-electron chi connectivity index (χ3n) is 2.83. The Kier molecular flexibility index (Phi) is 7.52. The van der Waals surface area contributed by atoms with E-state index in [9.17, 15) is 4.79 Å². The first-order chi connectivity index (χ1) is 7.97. The van der Waals surface area contributed by atoms with Crippen molar-refractivity contribution in [1.82, 2.24) is 5.32 Å². The van der Waals surface area contributed by atoms with Crippen LogP contribution >= 0.6 is 23.7 Å². The summed E-state index contributed by atoms with van der Waals surface area (Å²) in [6.45, 7) is 6.92. The van der Waals surface area contributed by atoms with Gasteiger partial charge in [0.25, 0.3) is 0 Å². The molecule has 0 radical (unpaired) electrons. The molecule has 0 aliphatic heterocycles. The maximum Gasteiger partial charge on any atom is 0.236 e. The number of amides is 1. The number of nitrogens with one attached hydrogen (secondary N) is 1. The van der Waals surface area contributed by atoms with E-state index in [4.69, 9.17) is 5.73 Å². The van der Waals surface area contributed by atoms with Gasteiger partial charge in [0.2, 0.25) is 5.91 Å². The highest BCUT2D eigenvalue weighted by molar-refractivity contribution is 7.10. The molecule has 104 valence electrons. The van der Waals surface area contributed by atoms with Crippen LogP contribution in [-0.2, 0) is 10.2 Å². The summed E-state index contributed by atoms with van der Waals surface area (Å²) >= 11 is 1.72. The van der Waals surface area contributed by atoms with Gasteiger partial charge in [-0.25, -0.2) is 0 Å². The fourth-order valence-corrected chi connectivity index (χ4v) is 2.48. The summed E-state index contributed by atoms with van der Waals surface area (Å²) in [5.74, 6) is -0.0449. The van der Waals surface area contributed by atoms with E-state index in [-0.39, 0.29) is 29.8 Å². The van der Waals surface area contributed by atoms with Gasteiger partial charge < -0.3 is 11.1 Å². The van der Waals surface area contributed by atoms with E-state index in [1.54, 1.807) is 11.3 Å². The molecule has 0 saturated carbocycles. The number of thiophene rings is 1. The van der Waals surface area contributed by atoms with Crippen LogP contribution in [0.25, 0.3) is 0 Å². The summed E-state index contributed by atoms with van der Waals surface area (Å²) in [6, 6.07) is 3.76. The van der Waals surface area contributed by atoms with Crippen LogP contribution in [0.4, 0.5) is 0 Å². The van der Waals surface area contributed by atoms with Crippen molar-refractivity contribution < 1.29 is 4.79 Å². The Labute approximate surface area is 120 Å². The van der Waals surface area contributed by atoms with Gasteiger partial charge in [0, 0.05) is 16.8 Å². The number of carbonyl (C=O) groups is 1. The molecular formula is C13H23ClN2OS. The zero-order valence-corrected chi connectivity index (χ0v) is 12.9. The number of hydrogen-bond donors (Lipinski definition) is 2. The molecule has 0 aliphatic carbocycles. The van der Waals surface area contributed by atoms with Crippen LogP contribution in [-0.4, -0.2) is 18.5 Å². The van der Waals surface area contributed by atoms with Crippen molar-refractivity contribution in [2.45, 2.75) is 45.1 Å². The van der Waals surface area contributed by atoms with Crippen molar-refractivity contribution in [3.63, 3.8) is 0 Å². The molecule has 3 N–H and O–H groups in total. The van der Waals surface area contributed by atoms with Gasteiger partial charge >= 0.3 is 0 Å². The molecule has 0 saturated heterocycles. The number of hydrogen-bond acceptors (Lipinski definition) is 3. The molecule has 0 bridgehead atoms. The van der Waals surface area contributed by atoms with Gasteiger partial charge in [0.15, 0.2) is 0 Å². The van der Waals surface area contributed by atoms with Crippen molar-refractivity contribution in [1.29, 1.82) is 0 Å². The van der Waals surface area contributed by atoms with Gasteiger partial charge in [-0.1, -0.05) is 33.3 Å². The lowest BCUT2D eigenvalue weighted by Gasteiger charge is -2.24. The number of rotatable bonds is 6. The minimum absolute atomic E-state index is 0. The van der Waals surface area contributed by atoms with E-state index < -0.39 is 0 Å². The second-order valence-electron chi connectivity index (χ2n) is 4.97. The normalized spacial score (nSPS) is 12.7. The molecule has 1 aromatic heterocycles. The Morgan fingerprint density at radius 2 is 2.22 bits per heavy atom. The quantitative estimate of drug-likeness (QED) is 0.846. The molecule has 3 nitrogen and oxygen atoms in total. The minimum Gasteiger partial charge on any atom is -0.354 e. The van der Waals surface area contributed by atoms with Gasteiger partial charge in [-0.3, -0.25) is 4.79 Å². The number of halogens is 1. The summed E-state index contributed by atoms with van der Waals surface area (Å²) < 4.78 is 0. The Morgan fingerprint density at radius 3 is 2.72 bits per heavy atom. The molecule has 1 rings (SSSR count). The van der Waals surface area contributed by atoms with Gasteiger partial charge in [0.1, 0.15) is 0 Å². The van der Waals surface area contributed by atoms with Crippen molar-refractivity contribution in [3.05, 3.63) is 22.4 Å². The third kappa shape index (κ3) is 4.96. The third-order valence-corrected chi connectivity index (χ3v) is 4.07. The molecular weight excluding hydrogens is 268 g/mol. The lowest BCUT2D eigenvalue weighted by atomic mass is 9.91. The van der Waals surface area contributed by atoms with Crippen LogP contribution in [0, 0.1) is 0 Å². The predicted octanol–water partition coefficient (Wildman–Crippen LogP) is 2.69. The summed E-state index contributed by atoms with van der Waals surface area (Å²) in [7, 11) is 0. The summed E-state index contributed by atoms with van der Waals surface area (Å²) in [6.07, 6.45) is 1.67. The first kappa shape index (κ1) is 17.4.